The highest BCUT2D eigenvalue weighted by molar-refractivity contribution is 7.09. The zero-order valence-electron chi connectivity index (χ0n) is 27.3. The van der Waals surface area contributed by atoms with E-state index < -0.39 is 18.1 Å². The van der Waals surface area contributed by atoms with Crippen LogP contribution in [0.2, 0.25) is 0 Å². The van der Waals surface area contributed by atoms with Crippen molar-refractivity contribution in [3.8, 4) is 11.3 Å². The summed E-state index contributed by atoms with van der Waals surface area (Å²) in [6.45, 7) is 6.72. The zero-order valence-corrected chi connectivity index (χ0v) is 28.1. The van der Waals surface area contributed by atoms with Crippen molar-refractivity contribution in [2.24, 2.45) is 0 Å². The molecule has 244 valence electrons. The van der Waals surface area contributed by atoms with Crippen LogP contribution in [0.15, 0.2) is 89.4 Å². The van der Waals surface area contributed by atoms with Gasteiger partial charge in [-0.2, -0.15) is 0 Å². The smallest absolute Gasteiger partial charge is 0.254 e. The number of hydrogen-bond acceptors (Lipinski definition) is 9. The summed E-state index contributed by atoms with van der Waals surface area (Å²) in [5, 5.41) is 17.4. The number of rotatable bonds is 13. The minimum absolute atomic E-state index is 0.254. The number of anilines is 1. The largest absolute Gasteiger partial charge is 0.444 e. The second-order valence-electron chi connectivity index (χ2n) is 12.1. The van der Waals surface area contributed by atoms with Gasteiger partial charge in [-0.25, -0.2) is 9.97 Å². The van der Waals surface area contributed by atoms with Gasteiger partial charge in [-0.1, -0.05) is 44.2 Å². The Morgan fingerprint density at radius 1 is 1.00 bits per heavy atom. The summed E-state index contributed by atoms with van der Waals surface area (Å²) in [5.41, 5.74) is 4.95. The lowest BCUT2D eigenvalue weighted by Crippen LogP contribution is -2.49. The van der Waals surface area contributed by atoms with Gasteiger partial charge in [-0.3, -0.25) is 14.6 Å². The molecule has 0 radical (unpaired) electrons. The SMILES string of the molecule is Cc1csc(CN(C)C(=O)c2cc(C(=O)N[C@@H](Cc3ccccc3)[C@H](O)CN(C)c3cncc(C(C)C)c3)cc(-c3cnco3)c2)n1. The third kappa shape index (κ3) is 8.69. The van der Waals surface area contributed by atoms with E-state index in [1.165, 1.54) is 23.9 Å². The second-order valence-corrected chi connectivity index (χ2v) is 13.0. The Morgan fingerprint density at radius 3 is 2.45 bits per heavy atom. The predicted octanol–water partition coefficient (Wildman–Crippen LogP) is 5.74. The molecule has 0 aliphatic rings. The van der Waals surface area contributed by atoms with Gasteiger partial charge in [-0.15, -0.1) is 11.3 Å². The van der Waals surface area contributed by atoms with Crippen LogP contribution in [0.3, 0.4) is 0 Å². The molecule has 0 saturated carbocycles. The molecule has 0 aliphatic carbocycles. The standard InChI is InChI=1S/C36H40N6O4S/c1-23(2)29-15-30(17-37-16-29)41(4)19-32(43)31(11-25-9-7-6-8-10-25)40-35(44)27-12-26(33-18-38-22-46-33)13-28(14-27)36(45)42(5)20-34-39-24(3)21-47-34/h6-10,12-18,21-23,31-32,43H,11,19-20H2,1-5H3,(H,40,44)/t31-,32+/m0/s1. The Hall–Kier alpha value is -4.87. The number of hydrogen-bond donors (Lipinski definition) is 2. The van der Waals surface area contributed by atoms with Crippen molar-refractivity contribution in [3.63, 3.8) is 0 Å². The van der Waals surface area contributed by atoms with Crippen molar-refractivity contribution >= 4 is 28.8 Å². The van der Waals surface area contributed by atoms with E-state index in [0.717, 1.165) is 27.5 Å². The molecular formula is C36H40N6O4S. The topological polar surface area (TPSA) is 125 Å². The van der Waals surface area contributed by atoms with E-state index in [2.05, 4.69) is 40.2 Å². The summed E-state index contributed by atoms with van der Waals surface area (Å²) in [6.07, 6.45) is 5.92. The quantitative estimate of drug-likeness (QED) is 0.165. The van der Waals surface area contributed by atoms with Gasteiger partial charge in [-0.05, 0) is 54.7 Å². The van der Waals surface area contributed by atoms with E-state index >= 15 is 0 Å². The number of nitrogens with one attached hydrogen (secondary N) is 1. The fraction of sp³-hybridized carbons (Fsp3) is 0.306. The van der Waals surface area contributed by atoms with Crippen molar-refractivity contribution in [1.29, 1.82) is 0 Å². The fourth-order valence-electron chi connectivity index (χ4n) is 5.24. The van der Waals surface area contributed by atoms with Crippen molar-refractivity contribution < 1.29 is 19.1 Å². The van der Waals surface area contributed by atoms with Crippen LogP contribution in [0.4, 0.5) is 5.69 Å². The molecule has 2 amide bonds. The average molecular weight is 653 g/mol. The van der Waals surface area contributed by atoms with Crippen molar-refractivity contribution in [1.82, 2.24) is 25.2 Å². The van der Waals surface area contributed by atoms with Crippen LogP contribution >= 0.6 is 11.3 Å². The second kappa shape index (κ2) is 15.1. The number of amides is 2. The summed E-state index contributed by atoms with van der Waals surface area (Å²) in [6, 6.07) is 16.1. The number of carbonyl (C=O) groups is 2. The van der Waals surface area contributed by atoms with Gasteiger partial charge in [0.25, 0.3) is 11.8 Å². The number of likely N-dealkylation sites (N-methyl/N-ethyl adjacent to an activating group) is 1. The molecule has 0 unspecified atom stereocenters. The third-order valence-electron chi connectivity index (χ3n) is 7.94. The van der Waals surface area contributed by atoms with Gasteiger partial charge in [0.2, 0.25) is 0 Å². The zero-order chi connectivity index (χ0) is 33.5. The first-order valence-electron chi connectivity index (χ1n) is 15.5. The van der Waals surface area contributed by atoms with Gasteiger partial charge in [0.05, 0.1) is 36.8 Å². The molecule has 3 aromatic heterocycles. The summed E-state index contributed by atoms with van der Waals surface area (Å²) in [4.78, 5) is 44.0. The number of aliphatic hydroxyl groups excluding tert-OH is 1. The summed E-state index contributed by atoms with van der Waals surface area (Å²) >= 11 is 1.49. The van der Waals surface area contributed by atoms with Crippen LogP contribution in [0.1, 0.15) is 62.3 Å². The van der Waals surface area contributed by atoms with E-state index in [4.69, 9.17) is 4.42 Å². The van der Waals surface area contributed by atoms with Gasteiger partial charge < -0.3 is 24.6 Å². The highest BCUT2D eigenvalue weighted by Crippen LogP contribution is 2.25. The van der Waals surface area contributed by atoms with Crippen molar-refractivity contribution in [2.75, 3.05) is 25.5 Å². The normalized spacial score (nSPS) is 12.5. The van der Waals surface area contributed by atoms with E-state index in [1.54, 1.807) is 36.3 Å². The number of pyridine rings is 1. The number of nitrogens with zero attached hydrogens (tertiary/aromatic N) is 5. The van der Waals surface area contributed by atoms with Crippen LogP contribution in [-0.4, -0.2) is 69.6 Å². The molecule has 2 atom stereocenters. The molecule has 11 heteroatoms. The van der Waals surface area contributed by atoms with Crippen molar-refractivity contribution in [2.45, 2.75) is 51.8 Å². The summed E-state index contributed by atoms with van der Waals surface area (Å²) in [5.74, 6) is 0.0380. The minimum atomic E-state index is -0.932. The Kier molecular flexibility index (Phi) is 10.8. The molecule has 0 aliphatic heterocycles. The van der Waals surface area contributed by atoms with Crippen LogP contribution in [-0.2, 0) is 13.0 Å². The van der Waals surface area contributed by atoms with Crippen LogP contribution < -0.4 is 10.2 Å². The lowest BCUT2D eigenvalue weighted by atomic mass is 9.98. The van der Waals surface area contributed by atoms with Crippen LogP contribution in [0.5, 0.6) is 0 Å². The minimum Gasteiger partial charge on any atom is -0.444 e. The Bertz CT molecular complexity index is 1790. The van der Waals surface area contributed by atoms with E-state index in [1.807, 2.05) is 60.8 Å². The number of aromatic nitrogens is 3. The van der Waals surface area contributed by atoms with E-state index in [0.29, 0.717) is 35.8 Å². The molecule has 3 heterocycles. The molecule has 5 rings (SSSR count). The highest BCUT2D eigenvalue weighted by atomic mass is 32.1. The molecule has 0 saturated heterocycles. The monoisotopic (exact) mass is 652 g/mol. The Morgan fingerprint density at radius 2 is 1.77 bits per heavy atom. The maximum atomic E-state index is 14.0. The van der Waals surface area contributed by atoms with E-state index in [-0.39, 0.29) is 18.0 Å². The molecule has 0 spiro atoms. The maximum absolute atomic E-state index is 14.0. The summed E-state index contributed by atoms with van der Waals surface area (Å²) in [7, 11) is 3.60. The number of aliphatic hydroxyl groups is 1. The predicted molar refractivity (Wildman–Crippen MR) is 184 cm³/mol. The molecular weight excluding hydrogens is 613 g/mol. The first kappa shape index (κ1) is 33.5. The number of carbonyl (C=O) groups excluding carboxylic acids is 2. The molecule has 0 fully saturated rings. The average Bonchev–Trinajstić information content (AvgIpc) is 3.76. The number of oxazole rings is 1. The number of benzene rings is 2. The fourth-order valence-corrected chi connectivity index (χ4v) is 6.06. The Balaban J connectivity index is 1.41. The number of thiazole rings is 1. The molecule has 10 nitrogen and oxygen atoms in total. The van der Waals surface area contributed by atoms with Gasteiger partial charge >= 0.3 is 0 Å². The number of aryl methyl sites for hydroxylation is 1. The lowest BCUT2D eigenvalue weighted by molar-refractivity contribution is 0.0785. The van der Waals surface area contributed by atoms with Crippen LogP contribution in [0, 0.1) is 6.92 Å². The molecule has 2 aromatic carbocycles. The third-order valence-corrected chi connectivity index (χ3v) is 8.89. The van der Waals surface area contributed by atoms with E-state index in [9.17, 15) is 14.7 Å². The van der Waals surface area contributed by atoms with Gasteiger partial charge in [0, 0.05) is 54.6 Å². The lowest BCUT2D eigenvalue weighted by Gasteiger charge is -2.29. The van der Waals surface area contributed by atoms with Crippen LogP contribution in [0.25, 0.3) is 11.3 Å². The maximum Gasteiger partial charge on any atom is 0.254 e. The van der Waals surface area contributed by atoms with Gasteiger partial charge in [0.1, 0.15) is 5.01 Å². The van der Waals surface area contributed by atoms with Crippen molar-refractivity contribution in [3.05, 3.63) is 118 Å². The molecule has 5 aromatic rings. The summed E-state index contributed by atoms with van der Waals surface area (Å²) < 4.78 is 5.53. The first-order chi connectivity index (χ1) is 22.6. The molecule has 47 heavy (non-hydrogen) atoms. The highest BCUT2D eigenvalue weighted by Gasteiger charge is 2.26. The first-order valence-corrected chi connectivity index (χ1v) is 16.3. The molecule has 2 N–H and O–H groups in total. The molecule has 0 bridgehead atoms. The van der Waals surface area contributed by atoms with Gasteiger partial charge in [0.15, 0.2) is 12.2 Å². The Labute approximate surface area is 279 Å².